The van der Waals surface area contributed by atoms with Crippen molar-refractivity contribution in [1.82, 2.24) is 0 Å². The van der Waals surface area contributed by atoms with Crippen LogP contribution in [0.15, 0.2) is 24.3 Å². The number of carbonyl (C=O) groups excluding carboxylic acids is 1. The van der Waals surface area contributed by atoms with Crippen LogP contribution in [0.5, 0.6) is 5.75 Å². The topological polar surface area (TPSA) is 46.5 Å². The predicted octanol–water partition coefficient (Wildman–Crippen LogP) is 2.33. The first-order valence-electron chi connectivity index (χ1n) is 4.01. The predicted molar refractivity (Wildman–Crippen MR) is 49.3 cm³/mol. The number of carbonyl (C=O) groups is 1. The average molecular weight is 255 g/mol. The second kappa shape index (κ2) is 4.71. The molecule has 3 nitrogen and oxygen atoms in total. The van der Waals surface area contributed by atoms with Gasteiger partial charge in [0.1, 0.15) is 5.75 Å². The molecule has 1 atom stereocenters. The van der Waals surface area contributed by atoms with Crippen LogP contribution in [0.4, 0.5) is 13.2 Å². The van der Waals surface area contributed by atoms with Crippen LogP contribution < -0.4 is 4.74 Å². The number of hydrogen-bond acceptors (Lipinski definition) is 3. The maximum Gasteiger partial charge on any atom is 0.424 e. The Labute approximate surface area is 93.4 Å². The van der Waals surface area contributed by atoms with E-state index in [0.717, 1.165) is 12.1 Å². The van der Waals surface area contributed by atoms with E-state index in [2.05, 4.69) is 4.74 Å². The van der Waals surface area contributed by atoms with E-state index < -0.39 is 23.5 Å². The van der Waals surface area contributed by atoms with E-state index >= 15 is 0 Å². The highest BCUT2D eigenvalue weighted by Gasteiger charge is 2.41. The van der Waals surface area contributed by atoms with E-state index in [1.54, 1.807) is 0 Å². The largest absolute Gasteiger partial charge is 0.432 e. The minimum atomic E-state index is -4.10. The molecular formula is C9H6ClF3O3. The molecule has 16 heavy (non-hydrogen) atoms. The Morgan fingerprint density at radius 3 is 2.62 bits per heavy atom. The molecule has 0 aliphatic carbocycles. The monoisotopic (exact) mass is 254 g/mol. The molecule has 1 rings (SSSR count). The zero-order chi connectivity index (χ0) is 12.3. The molecule has 1 N–H and O–H groups in total. The molecule has 0 saturated carbocycles. The van der Waals surface area contributed by atoms with Crippen molar-refractivity contribution in [3.05, 3.63) is 29.8 Å². The van der Waals surface area contributed by atoms with Crippen LogP contribution in [0.25, 0.3) is 0 Å². The maximum atomic E-state index is 12.7. The van der Waals surface area contributed by atoms with Gasteiger partial charge in [0.15, 0.2) is 0 Å². The summed E-state index contributed by atoms with van der Waals surface area (Å²) in [5, 5.41) is 7.66. The SMILES string of the molecule is O=C(Cl)c1cccc(OC(O)(F)C(F)F)c1. The fourth-order valence-electron chi connectivity index (χ4n) is 0.892. The van der Waals surface area contributed by atoms with Gasteiger partial charge >= 0.3 is 12.5 Å². The summed E-state index contributed by atoms with van der Waals surface area (Å²) in [6, 6.07) is 0.445. The molecule has 0 aliphatic heterocycles. The highest BCUT2D eigenvalue weighted by Crippen LogP contribution is 2.24. The summed E-state index contributed by atoms with van der Waals surface area (Å²) >= 11 is 5.11. The second-order valence-corrected chi connectivity index (χ2v) is 3.16. The van der Waals surface area contributed by atoms with Crippen LogP contribution >= 0.6 is 11.6 Å². The highest BCUT2D eigenvalue weighted by molar-refractivity contribution is 6.67. The molecule has 0 saturated heterocycles. The molecule has 1 unspecified atom stereocenters. The molecule has 0 spiro atoms. The molecule has 0 radical (unpaired) electrons. The lowest BCUT2D eigenvalue weighted by atomic mass is 10.2. The molecule has 0 amide bonds. The van der Waals surface area contributed by atoms with Gasteiger partial charge in [-0.25, -0.2) is 0 Å². The summed E-state index contributed by atoms with van der Waals surface area (Å²) in [4.78, 5) is 10.7. The molecular weight excluding hydrogens is 249 g/mol. The van der Waals surface area contributed by atoms with Gasteiger partial charge in [0, 0.05) is 5.56 Å². The van der Waals surface area contributed by atoms with Crippen molar-refractivity contribution < 1.29 is 27.8 Å². The van der Waals surface area contributed by atoms with Crippen LogP contribution in [0.1, 0.15) is 10.4 Å². The lowest BCUT2D eigenvalue weighted by Gasteiger charge is -2.19. The minimum absolute atomic E-state index is 0.0655. The van der Waals surface area contributed by atoms with Crippen molar-refractivity contribution in [2.45, 2.75) is 12.5 Å². The van der Waals surface area contributed by atoms with Crippen molar-refractivity contribution in [3.63, 3.8) is 0 Å². The number of ether oxygens (including phenoxy) is 1. The van der Waals surface area contributed by atoms with Crippen LogP contribution in [-0.4, -0.2) is 22.8 Å². The molecule has 0 fully saturated rings. The first-order valence-corrected chi connectivity index (χ1v) is 4.39. The van der Waals surface area contributed by atoms with Gasteiger partial charge in [-0.2, -0.15) is 13.2 Å². The van der Waals surface area contributed by atoms with Crippen molar-refractivity contribution in [3.8, 4) is 5.75 Å². The Hall–Kier alpha value is -1.27. The first kappa shape index (κ1) is 12.8. The van der Waals surface area contributed by atoms with Gasteiger partial charge in [0.05, 0.1) is 0 Å². The average Bonchev–Trinajstić information content (AvgIpc) is 2.17. The summed E-state index contributed by atoms with van der Waals surface area (Å²) in [5.41, 5.74) is -0.0655. The van der Waals surface area contributed by atoms with Crippen molar-refractivity contribution in [2.24, 2.45) is 0 Å². The third-order valence-electron chi connectivity index (χ3n) is 1.59. The van der Waals surface area contributed by atoms with E-state index in [1.807, 2.05) is 0 Å². The van der Waals surface area contributed by atoms with Gasteiger partial charge in [-0.05, 0) is 29.8 Å². The number of alkyl halides is 3. The van der Waals surface area contributed by atoms with E-state index in [4.69, 9.17) is 16.7 Å². The number of benzene rings is 1. The summed E-state index contributed by atoms with van der Waals surface area (Å²) < 4.78 is 40.5. The standard InChI is InChI=1S/C9H6ClF3O3/c10-7(14)5-2-1-3-6(4-5)16-9(13,15)8(11)12/h1-4,8,15H. The first-order chi connectivity index (χ1) is 7.33. The normalized spacial score (nSPS) is 14.6. The van der Waals surface area contributed by atoms with Crippen molar-refractivity contribution in [2.75, 3.05) is 0 Å². The quantitative estimate of drug-likeness (QED) is 0.663. The Kier molecular flexibility index (Phi) is 3.77. The van der Waals surface area contributed by atoms with Crippen molar-refractivity contribution in [1.29, 1.82) is 0 Å². The zero-order valence-corrected chi connectivity index (χ0v) is 8.42. The molecule has 1 aromatic carbocycles. The Bertz CT molecular complexity index is 395. The number of hydrogen-bond donors (Lipinski definition) is 1. The van der Waals surface area contributed by atoms with Crippen LogP contribution in [0.3, 0.4) is 0 Å². The van der Waals surface area contributed by atoms with Crippen LogP contribution in [0.2, 0.25) is 0 Å². The minimum Gasteiger partial charge on any atom is -0.432 e. The van der Waals surface area contributed by atoms with E-state index in [0.29, 0.717) is 0 Å². The highest BCUT2D eigenvalue weighted by atomic mass is 35.5. The molecule has 0 bridgehead atoms. The summed E-state index contributed by atoms with van der Waals surface area (Å²) in [6.45, 7) is 0. The summed E-state index contributed by atoms with van der Waals surface area (Å²) in [7, 11) is 0. The third kappa shape index (κ3) is 3.11. The summed E-state index contributed by atoms with van der Waals surface area (Å²) in [6.07, 6.45) is -3.73. The lowest BCUT2D eigenvalue weighted by molar-refractivity contribution is -0.302. The maximum absolute atomic E-state index is 12.7. The smallest absolute Gasteiger partial charge is 0.424 e. The van der Waals surface area contributed by atoms with Crippen LogP contribution in [0, 0.1) is 0 Å². The van der Waals surface area contributed by atoms with E-state index in [9.17, 15) is 18.0 Å². The van der Waals surface area contributed by atoms with Crippen molar-refractivity contribution >= 4 is 16.8 Å². The zero-order valence-electron chi connectivity index (χ0n) is 7.66. The van der Waals surface area contributed by atoms with E-state index in [-0.39, 0.29) is 5.56 Å². The summed E-state index contributed by atoms with van der Waals surface area (Å²) in [5.74, 6) is -0.434. The van der Waals surface area contributed by atoms with Gasteiger partial charge < -0.3 is 9.84 Å². The fraction of sp³-hybridized carbons (Fsp3) is 0.222. The van der Waals surface area contributed by atoms with Gasteiger partial charge in [-0.1, -0.05) is 6.07 Å². The lowest BCUT2D eigenvalue weighted by Crippen LogP contribution is -2.38. The van der Waals surface area contributed by atoms with Gasteiger partial charge in [-0.15, -0.1) is 0 Å². The second-order valence-electron chi connectivity index (χ2n) is 2.81. The molecule has 7 heteroatoms. The molecule has 1 aromatic rings. The number of aliphatic hydroxyl groups is 1. The van der Waals surface area contributed by atoms with Crippen LogP contribution in [-0.2, 0) is 0 Å². The number of halogens is 4. The molecule has 0 aliphatic rings. The Morgan fingerprint density at radius 2 is 2.12 bits per heavy atom. The molecule has 0 heterocycles. The fourth-order valence-corrected chi connectivity index (χ4v) is 1.01. The molecule has 0 aromatic heterocycles. The molecule has 88 valence electrons. The van der Waals surface area contributed by atoms with Gasteiger partial charge in [-0.3, -0.25) is 4.79 Å². The Morgan fingerprint density at radius 1 is 1.50 bits per heavy atom. The van der Waals surface area contributed by atoms with Gasteiger partial charge in [0.2, 0.25) is 0 Å². The van der Waals surface area contributed by atoms with E-state index in [1.165, 1.54) is 12.1 Å². The van der Waals surface area contributed by atoms with Gasteiger partial charge in [0.25, 0.3) is 5.24 Å². The third-order valence-corrected chi connectivity index (χ3v) is 1.81. The number of rotatable bonds is 4. The Balaban J connectivity index is 2.90.